The molecule has 4 nitrogen and oxygen atoms in total. The van der Waals surface area contributed by atoms with Crippen molar-refractivity contribution in [3.63, 3.8) is 0 Å². The molecule has 1 aromatic rings. The first-order valence-electron chi connectivity index (χ1n) is 6.36. The molecule has 0 radical (unpaired) electrons. The number of halogens is 7. The Morgan fingerprint density at radius 2 is 1.92 bits per heavy atom. The highest BCUT2D eigenvalue weighted by Crippen LogP contribution is 2.42. The average molecular weight is 379 g/mol. The van der Waals surface area contributed by atoms with Gasteiger partial charge in [0.1, 0.15) is 17.4 Å². The van der Waals surface area contributed by atoms with Gasteiger partial charge < -0.3 is 14.6 Å². The molecule has 1 heterocycles. The molecule has 0 amide bonds. The largest absolute Gasteiger partial charge is 0.482 e. The summed E-state index contributed by atoms with van der Waals surface area (Å²) in [5.41, 5.74) is 0.0345. The summed E-state index contributed by atoms with van der Waals surface area (Å²) in [7, 11) is 0. The van der Waals surface area contributed by atoms with Crippen molar-refractivity contribution >= 4 is 17.6 Å². The molecule has 1 aromatic carbocycles. The lowest BCUT2D eigenvalue weighted by atomic mass is 9.90. The van der Waals surface area contributed by atoms with Crippen molar-refractivity contribution in [3.05, 3.63) is 22.7 Å². The smallest absolute Gasteiger partial charge is 0.426 e. The van der Waals surface area contributed by atoms with E-state index in [4.69, 9.17) is 16.7 Å². The standard InChI is InChI=1S/C13H9ClF6O4/c14-7-2-5-1-6(11(21)22)10(13(18,19)20)24-8(5)3-9(7)23-4-12(15,16)17/h2-3,6,10H,1,4H2,(H,21,22). The molecule has 24 heavy (non-hydrogen) atoms. The number of rotatable bonds is 3. The van der Waals surface area contributed by atoms with E-state index in [1.54, 1.807) is 0 Å². The molecule has 0 spiro atoms. The number of benzene rings is 1. The number of aliphatic carboxylic acids is 1. The number of ether oxygens (including phenoxy) is 2. The maximum Gasteiger partial charge on any atom is 0.426 e. The molecular weight excluding hydrogens is 370 g/mol. The van der Waals surface area contributed by atoms with Crippen molar-refractivity contribution in [2.45, 2.75) is 24.9 Å². The minimum atomic E-state index is -4.96. The second kappa shape index (κ2) is 6.23. The van der Waals surface area contributed by atoms with Gasteiger partial charge in [0.25, 0.3) is 0 Å². The lowest BCUT2D eigenvalue weighted by Crippen LogP contribution is -2.47. The van der Waals surface area contributed by atoms with Gasteiger partial charge in [-0.1, -0.05) is 11.6 Å². The first kappa shape index (κ1) is 18.5. The molecule has 0 fully saturated rings. The van der Waals surface area contributed by atoms with Crippen molar-refractivity contribution in [3.8, 4) is 11.5 Å². The van der Waals surface area contributed by atoms with Crippen LogP contribution in [0.3, 0.4) is 0 Å². The molecule has 0 aliphatic carbocycles. The van der Waals surface area contributed by atoms with Gasteiger partial charge in [-0.3, -0.25) is 4.79 Å². The lowest BCUT2D eigenvalue weighted by molar-refractivity contribution is -0.217. The van der Waals surface area contributed by atoms with E-state index in [0.717, 1.165) is 12.1 Å². The van der Waals surface area contributed by atoms with Gasteiger partial charge in [0.2, 0.25) is 6.10 Å². The molecule has 11 heteroatoms. The molecule has 1 aliphatic rings. The van der Waals surface area contributed by atoms with Gasteiger partial charge in [-0.25, -0.2) is 0 Å². The fraction of sp³-hybridized carbons (Fsp3) is 0.462. The van der Waals surface area contributed by atoms with E-state index in [0.29, 0.717) is 0 Å². The highest BCUT2D eigenvalue weighted by atomic mass is 35.5. The van der Waals surface area contributed by atoms with Crippen LogP contribution in [0.25, 0.3) is 0 Å². The third-order valence-electron chi connectivity index (χ3n) is 3.21. The summed E-state index contributed by atoms with van der Waals surface area (Å²) < 4.78 is 84.4. The van der Waals surface area contributed by atoms with Crippen LogP contribution in [0.4, 0.5) is 26.3 Å². The third-order valence-corrected chi connectivity index (χ3v) is 3.50. The molecule has 0 bridgehead atoms. The molecule has 2 rings (SSSR count). The summed E-state index contributed by atoms with van der Waals surface area (Å²) >= 11 is 5.73. The number of carbonyl (C=O) groups is 1. The number of hydrogen-bond acceptors (Lipinski definition) is 3. The Bertz CT molecular complexity index is 643. The lowest BCUT2D eigenvalue weighted by Gasteiger charge is -2.32. The molecule has 0 saturated heterocycles. The summed E-state index contributed by atoms with van der Waals surface area (Å²) in [5.74, 6) is -4.54. The molecule has 0 saturated carbocycles. The third kappa shape index (κ3) is 4.16. The first-order chi connectivity index (χ1) is 10.9. The molecule has 1 aliphatic heterocycles. The van der Waals surface area contributed by atoms with Crippen molar-refractivity contribution in [1.82, 2.24) is 0 Å². The van der Waals surface area contributed by atoms with Crippen LogP contribution in [-0.4, -0.2) is 36.1 Å². The zero-order valence-electron chi connectivity index (χ0n) is 11.5. The van der Waals surface area contributed by atoms with Gasteiger partial charge in [-0.2, -0.15) is 26.3 Å². The Labute approximate surface area is 135 Å². The summed E-state index contributed by atoms with van der Waals surface area (Å²) in [5, 5.41) is 8.64. The fourth-order valence-corrected chi connectivity index (χ4v) is 2.43. The zero-order valence-corrected chi connectivity index (χ0v) is 12.3. The van der Waals surface area contributed by atoms with Gasteiger partial charge in [-0.15, -0.1) is 0 Å². The summed E-state index contributed by atoms with van der Waals surface area (Å²) in [6, 6.07) is 1.82. The number of carboxylic acids is 1. The van der Waals surface area contributed by atoms with E-state index in [1.165, 1.54) is 0 Å². The van der Waals surface area contributed by atoms with Crippen LogP contribution in [0.2, 0.25) is 5.02 Å². The van der Waals surface area contributed by atoms with Gasteiger partial charge in [0.05, 0.1) is 5.02 Å². The zero-order chi connectivity index (χ0) is 18.3. The van der Waals surface area contributed by atoms with E-state index in [9.17, 15) is 31.1 Å². The number of hydrogen-bond donors (Lipinski definition) is 1. The predicted octanol–water partition coefficient (Wildman–Crippen LogP) is 3.85. The van der Waals surface area contributed by atoms with E-state index >= 15 is 0 Å². The maximum absolute atomic E-state index is 12.9. The van der Waals surface area contributed by atoms with Gasteiger partial charge in [0, 0.05) is 6.07 Å². The number of fused-ring (bicyclic) bond motifs is 1. The molecular formula is C13H9ClF6O4. The number of alkyl halides is 6. The number of carboxylic acid groups (broad SMARTS) is 1. The van der Waals surface area contributed by atoms with Crippen LogP contribution in [0.15, 0.2) is 12.1 Å². The van der Waals surface area contributed by atoms with E-state index in [1.807, 2.05) is 0 Å². The maximum atomic E-state index is 12.9. The van der Waals surface area contributed by atoms with Crippen LogP contribution in [0.1, 0.15) is 5.56 Å². The Morgan fingerprint density at radius 1 is 1.29 bits per heavy atom. The minimum Gasteiger partial charge on any atom is -0.482 e. The highest BCUT2D eigenvalue weighted by molar-refractivity contribution is 6.32. The SMILES string of the molecule is O=C(O)C1Cc2cc(Cl)c(OCC(F)(F)F)cc2OC1C(F)(F)F. The van der Waals surface area contributed by atoms with E-state index in [-0.39, 0.29) is 10.6 Å². The van der Waals surface area contributed by atoms with Crippen molar-refractivity contribution in [2.24, 2.45) is 5.92 Å². The fourth-order valence-electron chi connectivity index (χ4n) is 2.19. The van der Waals surface area contributed by atoms with Crippen LogP contribution in [0.5, 0.6) is 11.5 Å². The molecule has 134 valence electrons. The van der Waals surface area contributed by atoms with Crippen LogP contribution < -0.4 is 9.47 Å². The summed E-state index contributed by atoms with van der Waals surface area (Å²) in [4.78, 5) is 11.0. The first-order valence-corrected chi connectivity index (χ1v) is 6.74. The van der Waals surface area contributed by atoms with Gasteiger partial charge in [-0.05, 0) is 18.1 Å². The average Bonchev–Trinajstić information content (AvgIpc) is 2.41. The van der Waals surface area contributed by atoms with Crippen LogP contribution in [-0.2, 0) is 11.2 Å². The minimum absolute atomic E-state index is 0.0345. The topological polar surface area (TPSA) is 55.8 Å². The normalized spacial score (nSPS) is 21.0. The summed E-state index contributed by atoms with van der Waals surface area (Å²) in [6.07, 6.45) is -12.8. The molecule has 1 N–H and O–H groups in total. The monoisotopic (exact) mass is 378 g/mol. The second-order valence-corrected chi connectivity index (χ2v) is 5.43. The van der Waals surface area contributed by atoms with Crippen molar-refractivity contribution < 1.29 is 45.7 Å². The second-order valence-electron chi connectivity index (χ2n) is 5.02. The van der Waals surface area contributed by atoms with Crippen LogP contribution >= 0.6 is 11.6 Å². The van der Waals surface area contributed by atoms with Gasteiger partial charge in [0.15, 0.2) is 6.61 Å². The Morgan fingerprint density at radius 3 is 2.42 bits per heavy atom. The van der Waals surface area contributed by atoms with E-state index in [2.05, 4.69) is 9.47 Å². The quantitative estimate of drug-likeness (QED) is 0.812. The molecule has 2 unspecified atom stereocenters. The van der Waals surface area contributed by atoms with Crippen LogP contribution in [0, 0.1) is 5.92 Å². The highest BCUT2D eigenvalue weighted by Gasteiger charge is 2.52. The Kier molecular flexibility index (Phi) is 4.80. The molecule has 2 atom stereocenters. The van der Waals surface area contributed by atoms with E-state index < -0.39 is 54.9 Å². The van der Waals surface area contributed by atoms with Crippen molar-refractivity contribution in [1.29, 1.82) is 0 Å². The molecule has 0 aromatic heterocycles. The van der Waals surface area contributed by atoms with Gasteiger partial charge >= 0.3 is 18.3 Å². The van der Waals surface area contributed by atoms with Crippen molar-refractivity contribution in [2.75, 3.05) is 6.61 Å². The Hall–Kier alpha value is -1.84. The predicted molar refractivity (Wildman–Crippen MR) is 68.3 cm³/mol. The Balaban J connectivity index is 2.34. The summed E-state index contributed by atoms with van der Waals surface area (Å²) in [6.45, 7) is -1.69.